The maximum atomic E-state index is 5.90. The highest BCUT2D eigenvalue weighted by atomic mass is 35.5. The number of aryl methyl sites for hydroxylation is 2. The van der Waals surface area contributed by atoms with Gasteiger partial charge >= 0.3 is 0 Å². The zero-order valence-electron chi connectivity index (χ0n) is 8.15. The number of hydrogen-bond acceptors (Lipinski definition) is 2. The predicted molar refractivity (Wildman–Crippen MR) is 54.8 cm³/mol. The van der Waals surface area contributed by atoms with E-state index in [2.05, 4.69) is 5.48 Å². The largest absolute Gasteiger partial charge is 0.305 e. The summed E-state index contributed by atoms with van der Waals surface area (Å²) >= 11 is 5.90. The SMILES string of the molecule is CONCc1c(C)cc(Cl)cc1C. The zero-order chi connectivity index (χ0) is 9.84. The second-order valence-corrected chi connectivity index (χ2v) is 3.48. The van der Waals surface area contributed by atoms with Crippen molar-refractivity contribution < 1.29 is 4.84 Å². The fraction of sp³-hybridized carbons (Fsp3) is 0.400. The van der Waals surface area contributed by atoms with Gasteiger partial charge in [0.15, 0.2) is 0 Å². The first kappa shape index (κ1) is 10.5. The van der Waals surface area contributed by atoms with Crippen LogP contribution in [-0.2, 0) is 11.4 Å². The molecule has 0 aromatic heterocycles. The van der Waals surface area contributed by atoms with Crippen LogP contribution in [0.3, 0.4) is 0 Å². The minimum absolute atomic E-state index is 0.714. The molecule has 0 spiro atoms. The van der Waals surface area contributed by atoms with Gasteiger partial charge in [-0.1, -0.05) is 11.6 Å². The normalized spacial score (nSPS) is 10.5. The number of halogens is 1. The molecule has 0 fully saturated rings. The maximum Gasteiger partial charge on any atom is 0.0572 e. The van der Waals surface area contributed by atoms with Crippen LogP contribution in [0.25, 0.3) is 0 Å². The third-order valence-corrected chi connectivity index (χ3v) is 2.27. The van der Waals surface area contributed by atoms with Gasteiger partial charge in [0.25, 0.3) is 0 Å². The van der Waals surface area contributed by atoms with Gasteiger partial charge in [0.2, 0.25) is 0 Å². The Hall–Kier alpha value is -0.570. The van der Waals surface area contributed by atoms with Crippen LogP contribution < -0.4 is 5.48 Å². The lowest BCUT2D eigenvalue weighted by atomic mass is 10.0. The number of rotatable bonds is 3. The molecular formula is C10H14ClNO. The van der Waals surface area contributed by atoms with Crippen LogP contribution in [0.15, 0.2) is 12.1 Å². The topological polar surface area (TPSA) is 21.3 Å². The lowest BCUT2D eigenvalue weighted by molar-refractivity contribution is 0.0864. The standard InChI is InChI=1S/C10H14ClNO/c1-7-4-9(11)5-8(2)10(7)6-12-13-3/h4-5,12H,6H2,1-3H3. The van der Waals surface area contributed by atoms with Crippen LogP contribution in [-0.4, -0.2) is 7.11 Å². The summed E-state index contributed by atoms with van der Waals surface area (Å²) in [6, 6.07) is 3.92. The van der Waals surface area contributed by atoms with Crippen molar-refractivity contribution in [3.8, 4) is 0 Å². The fourth-order valence-electron chi connectivity index (χ4n) is 1.36. The molecule has 0 amide bonds. The van der Waals surface area contributed by atoms with Gasteiger partial charge in [0.05, 0.1) is 7.11 Å². The van der Waals surface area contributed by atoms with Crippen molar-refractivity contribution in [2.24, 2.45) is 0 Å². The van der Waals surface area contributed by atoms with Crippen LogP contribution in [0.4, 0.5) is 0 Å². The van der Waals surface area contributed by atoms with Crippen molar-refractivity contribution in [2.45, 2.75) is 20.4 Å². The highest BCUT2D eigenvalue weighted by Gasteiger charge is 2.03. The third kappa shape index (κ3) is 2.69. The van der Waals surface area contributed by atoms with Crippen LogP contribution in [0.1, 0.15) is 16.7 Å². The summed E-state index contributed by atoms with van der Waals surface area (Å²) in [5, 5.41) is 0.788. The summed E-state index contributed by atoms with van der Waals surface area (Å²) in [4.78, 5) is 4.80. The van der Waals surface area contributed by atoms with E-state index in [0.29, 0.717) is 6.54 Å². The first-order chi connectivity index (χ1) is 6.15. The lowest BCUT2D eigenvalue weighted by Gasteiger charge is -2.10. The van der Waals surface area contributed by atoms with Gasteiger partial charge in [-0.15, -0.1) is 0 Å². The van der Waals surface area contributed by atoms with E-state index >= 15 is 0 Å². The maximum absolute atomic E-state index is 5.90. The molecule has 1 aromatic rings. The fourth-order valence-corrected chi connectivity index (χ4v) is 1.69. The molecule has 72 valence electrons. The van der Waals surface area contributed by atoms with Crippen molar-refractivity contribution >= 4 is 11.6 Å². The van der Waals surface area contributed by atoms with E-state index in [0.717, 1.165) is 5.02 Å². The lowest BCUT2D eigenvalue weighted by Crippen LogP contribution is -2.12. The Morgan fingerprint density at radius 3 is 2.31 bits per heavy atom. The highest BCUT2D eigenvalue weighted by Crippen LogP contribution is 2.19. The van der Waals surface area contributed by atoms with E-state index in [1.165, 1.54) is 16.7 Å². The molecule has 0 atom stereocenters. The van der Waals surface area contributed by atoms with E-state index in [1.54, 1.807) is 7.11 Å². The van der Waals surface area contributed by atoms with Crippen molar-refractivity contribution in [1.82, 2.24) is 5.48 Å². The summed E-state index contributed by atoms with van der Waals surface area (Å²) in [5.41, 5.74) is 6.44. The van der Waals surface area contributed by atoms with Crippen molar-refractivity contribution in [1.29, 1.82) is 0 Å². The highest BCUT2D eigenvalue weighted by molar-refractivity contribution is 6.30. The van der Waals surface area contributed by atoms with Crippen molar-refractivity contribution in [3.63, 3.8) is 0 Å². The molecule has 13 heavy (non-hydrogen) atoms. The second-order valence-electron chi connectivity index (χ2n) is 3.04. The molecule has 1 aromatic carbocycles. The van der Waals surface area contributed by atoms with E-state index in [9.17, 15) is 0 Å². The van der Waals surface area contributed by atoms with Crippen LogP contribution in [0.5, 0.6) is 0 Å². The number of hydrogen-bond donors (Lipinski definition) is 1. The van der Waals surface area contributed by atoms with Crippen LogP contribution in [0.2, 0.25) is 5.02 Å². The Bertz CT molecular complexity index is 276. The minimum atomic E-state index is 0.714. The Morgan fingerprint density at radius 2 is 1.85 bits per heavy atom. The Morgan fingerprint density at radius 1 is 1.31 bits per heavy atom. The number of hydroxylamine groups is 1. The molecular weight excluding hydrogens is 186 g/mol. The molecule has 1 rings (SSSR count). The Balaban J connectivity index is 2.92. The molecule has 0 aliphatic rings. The van der Waals surface area contributed by atoms with Gasteiger partial charge in [-0.3, -0.25) is 0 Å². The van der Waals surface area contributed by atoms with Gasteiger partial charge in [0.1, 0.15) is 0 Å². The summed E-state index contributed by atoms with van der Waals surface area (Å²) in [6.45, 7) is 4.81. The summed E-state index contributed by atoms with van der Waals surface area (Å²) in [6.07, 6.45) is 0. The quantitative estimate of drug-likeness (QED) is 0.756. The average molecular weight is 200 g/mol. The molecule has 1 N–H and O–H groups in total. The number of nitrogens with one attached hydrogen (secondary N) is 1. The van der Waals surface area contributed by atoms with Gasteiger partial charge in [-0.05, 0) is 42.7 Å². The van der Waals surface area contributed by atoms with E-state index < -0.39 is 0 Å². The Kier molecular flexibility index (Phi) is 3.72. The summed E-state index contributed by atoms with van der Waals surface area (Å²) in [5.74, 6) is 0. The molecule has 0 saturated heterocycles. The van der Waals surface area contributed by atoms with Gasteiger partial charge in [0, 0.05) is 11.6 Å². The molecule has 0 unspecified atom stereocenters. The van der Waals surface area contributed by atoms with E-state index in [-0.39, 0.29) is 0 Å². The second kappa shape index (κ2) is 4.61. The summed E-state index contributed by atoms with van der Waals surface area (Å²) in [7, 11) is 1.61. The minimum Gasteiger partial charge on any atom is -0.305 e. The summed E-state index contributed by atoms with van der Waals surface area (Å²) < 4.78 is 0. The third-order valence-electron chi connectivity index (χ3n) is 2.05. The van der Waals surface area contributed by atoms with Crippen molar-refractivity contribution in [2.75, 3.05) is 7.11 Å². The molecule has 0 aliphatic carbocycles. The smallest absolute Gasteiger partial charge is 0.0572 e. The molecule has 0 radical (unpaired) electrons. The molecule has 2 nitrogen and oxygen atoms in total. The van der Waals surface area contributed by atoms with Crippen molar-refractivity contribution in [3.05, 3.63) is 33.8 Å². The predicted octanol–water partition coefficient (Wildman–Crippen LogP) is 2.61. The zero-order valence-corrected chi connectivity index (χ0v) is 8.90. The molecule has 0 bridgehead atoms. The Labute approximate surface area is 83.8 Å². The first-order valence-electron chi connectivity index (χ1n) is 4.16. The molecule has 0 heterocycles. The molecule has 0 aliphatic heterocycles. The monoisotopic (exact) mass is 199 g/mol. The first-order valence-corrected chi connectivity index (χ1v) is 4.54. The average Bonchev–Trinajstić information content (AvgIpc) is 2.02. The van der Waals surface area contributed by atoms with E-state index in [1.807, 2.05) is 26.0 Å². The van der Waals surface area contributed by atoms with Crippen LogP contribution in [0, 0.1) is 13.8 Å². The van der Waals surface area contributed by atoms with Crippen LogP contribution >= 0.6 is 11.6 Å². The van der Waals surface area contributed by atoms with E-state index in [4.69, 9.17) is 16.4 Å². The van der Waals surface area contributed by atoms with Gasteiger partial charge in [-0.25, -0.2) is 0 Å². The van der Waals surface area contributed by atoms with Gasteiger partial charge < -0.3 is 4.84 Å². The molecule has 3 heteroatoms. The molecule has 0 saturated carbocycles. The number of benzene rings is 1. The van der Waals surface area contributed by atoms with Gasteiger partial charge in [-0.2, -0.15) is 5.48 Å².